The van der Waals surface area contributed by atoms with E-state index >= 15 is 0 Å². The Morgan fingerprint density at radius 1 is 1.35 bits per heavy atom. The highest BCUT2D eigenvalue weighted by atomic mass is 32.2. The highest BCUT2D eigenvalue weighted by molar-refractivity contribution is 7.88. The summed E-state index contributed by atoms with van der Waals surface area (Å²) in [6.45, 7) is 0.518. The van der Waals surface area contributed by atoms with Crippen LogP contribution in [0.3, 0.4) is 0 Å². The van der Waals surface area contributed by atoms with E-state index in [2.05, 4.69) is 15.0 Å². The van der Waals surface area contributed by atoms with Gasteiger partial charge in [0.15, 0.2) is 0 Å². The predicted molar refractivity (Wildman–Crippen MR) is 92.3 cm³/mol. The molecule has 1 aliphatic carbocycles. The highest BCUT2D eigenvalue weighted by Crippen LogP contribution is 2.39. The van der Waals surface area contributed by atoms with Gasteiger partial charge in [0.2, 0.25) is 10.0 Å². The van der Waals surface area contributed by atoms with Gasteiger partial charge in [0.25, 0.3) is 11.5 Å². The fourth-order valence-electron chi connectivity index (χ4n) is 3.70. The standard InChI is InChI=1S/C16H18N4O5S/c1-26(23,24)19-13-12(9-5-7-25-14(9)13)18-15(21)10-8-17-11-4-2-3-6-20(11)16(10)22/h2-4,6,8-9,12-14,19H,5,7H2,1H3,(H,18,21)/t9-,12+,13-,14-/m1/s1. The van der Waals surface area contributed by atoms with E-state index in [1.807, 2.05) is 0 Å². The lowest BCUT2D eigenvalue weighted by Crippen LogP contribution is -2.70. The van der Waals surface area contributed by atoms with E-state index in [0.29, 0.717) is 12.3 Å². The third kappa shape index (κ3) is 2.89. The topological polar surface area (TPSA) is 119 Å². The number of hydrogen-bond acceptors (Lipinski definition) is 6. The summed E-state index contributed by atoms with van der Waals surface area (Å²) in [4.78, 5) is 29.3. The number of sulfonamides is 1. The molecule has 2 fully saturated rings. The molecule has 0 aromatic carbocycles. The Bertz CT molecular complexity index is 1030. The van der Waals surface area contributed by atoms with E-state index < -0.39 is 33.6 Å². The Morgan fingerprint density at radius 2 is 2.15 bits per heavy atom. The molecule has 4 atom stereocenters. The molecule has 1 saturated carbocycles. The molecule has 26 heavy (non-hydrogen) atoms. The van der Waals surface area contributed by atoms with Crippen LogP contribution in [-0.4, -0.2) is 54.8 Å². The molecule has 10 heteroatoms. The Kier molecular flexibility index (Phi) is 4.05. The van der Waals surface area contributed by atoms with Crippen LogP contribution >= 0.6 is 0 Å². The Morgan fingerprint density at radius 3 is 2.92 bits per heavy atom. The quantitative estimate of drug-likeness (QED) is 0.714. The van der Waals surface area contributed by atoms with Gasteiger partial charge in [0.05, 0.1) is 24.4 Å². The van der Waals surface area contributed by atoms with Crippen molar-refractivity contribution in [3.63, 3.8) is 0 Å². The second-order valence-electron chi connectivity index (χ2n) is 6.61. The lowest BCUT2D eigenvalue weighted by Gasteiger charge is -2.47. The summed E-state index contributed by atoms with van der Waals surface area (Å²) in [6, 6.07) is 4.12. The van der Waals surface area contributed by atoms with Crippen LogP contribution in [0, 0.1) is 5.92 Å². The number of nitrogens with zero attached hydrogens (tertiary/aromatic N) is 2. The molecular weight excluding hydrogens is 360 g/mol. The zero-order chi connectivity index (χ0) is 18.5. The molecule has 0 unspecified atom stereocenters. The lowest BCUT2D eigenvalue weighted by atomic mass is 9.72. The number of fused-ring (bicyclic) bond motifs is 2. The van der Waals surface area contributed by atoms with Gasteiger partial charge in [-0.1, -0.05) is 6.07 Å². The number of carbonyl (C=O) groups is 1. The van der Waals surface area contributed by atoms with Gasteiger partial charge in [0, 0.05) is 24.9 Å². The minimum atomic E-state index is -3.45. The van der Waals surface area contributed by atoms with E-state index in [-0.39, 0.29) is 17.6 Å². The van der Waals surface area contributed by atoms with Crippen LogP contribution in [0.15, 0.2) is 35.4 Å². The molecule has 3 heterocycles. The largest absolute Gasteiger partial charge is 0.376 e. The van der Waals surface area contributed by atoms with Gasteiger partial charge in [-0.3, -0.25) is 14.0 Å². The maximum absolute atomic E-state index is 12.6. The first kappa shape index (κ1) is 17.1. The van der Waals surface area contributed by atoms with Crippen LogP contribution in [0.25, 0.3) is 5.65 Å². The number of ether oxygens (including phenoxy) is 1. The first-order valence-electron chi connectivity index (χ1n) is 8.21. The third-order valence-electron chi connectivity index (χ3n) is 4.89. The van der Waals surface area contributed by atoms with Crippen molar-refractivity contribution in [3.05, 3.63) is 46.5 Å². The molecular formula is C16H18N4O5S. The molecule has 2 aromatic heterocycles. The van der Waals surface area contributed by atoms with Gasteiger partial charge in [-0.15, -0.1) is 0 Å². The Hall–Kier alpha value is -2.30. The zero-order valence-electron chi connectivity index (χ0n) is 14.0. The van der Waals surface area contributed by atoms with E-state index in [1.165, 1.54) is 10.6 Å². The van der Waals surface area contributed by atoms with Crippen molar-refractivity contribution in [1.82, 2.24) is 19.4 Å². The van der Waals surface area contributed by atoms with Gasteiger partial charge in [-0.2, -0.15) is 0 Å². The van der Waals surface area contributed by atoms with Crippen LogP contribution in [0.4, 0.5) is 0 Å². The zero-order valence-corrected chi connectivity index (χ0v) is 14.8. The van der Waals surface area contributed by atoms with Crippen molar-refractivity contribution in [1.29, 1.82) is 0 Å². The molecule has 0 spiro atoms. The van der Waals surface area contributed by atoms with Gasteiger partial charge >= 0.3 is 0 Å². The van der Waals surface area contributed by atoms with Crippen molar-refractivity contribution >= 4 is 21.6 Å². The SMILES string of the molecule is CS(=O)(=O)N[C@@H]1[C@@H](NC(=O)c2cnc3ccccn3c2=O)[C@H]2CCO[C@H]21. The van der Waals surface area contributed by atoms with Crippen LogP contribution < -0.4 is 15.6 Å². The van der Waals surface area contributed by atoms with Gasteiger partial charge in [-0.05, 0) is 18.6 Å². The summed E-state index contributed by atoms with van der Waals surface area (Å²) >= 11 is 0. The third-order valence-corrected chi connectivity index (χ3v) is 5.59. The molecule has 1 amide bonds. The Labute approximate surface area is 149 Å². The number of hydrogen-bond donors (Lipinski definition) is 2. The minimum absolute atomic E-state index is 0.0226. The summed E-state index contributed by atoms with van der Waals surface area (Å²) in [6.07, 6.45) is 4.32. The summed E-state index contributed by atoms with van der Waals surface area (Å²) in [5.74, 6) is -0.550. The van der Waals surface area contributed by atoms with Gasteiger partial charge < -0.3 is 10.1 Å². The maximum atomic E-state index is 12.6. The average molecular weight is 378 g/mol. The normalized spacial score (nSPS) is 27.7. The summed E-state index contributed by atoms with van der Waals surface area (Å²) in [5.41, 5.74) is -0.119. The van der Waals surface area contributed by atoms with E-state index in [0.717, 1.165) is 12.7 Å². The van der Waals surface area contributed by atoms with Crippen LogP contribution in [-0.2, 0) is 14.8 Å². The first-order chi connectivity index (χ1) is 12.3. The monoisotopic (exact) mass is 378 g/mol. The fraction of sp³-hybridized carbons (Fsp3) is 0.438. The number of rotatable bonds is 4. The van der Waals surface area contributed by atoms with E-state index in [1.54, 1.807) is 24.4 Å². The molecule has 2 aliphatic rings. The van der Waals surface area contributed by atoms with Crippen LogP contribution in [0.2, 0.25) is 0 Å². The second kappa shape index (κ2) is 6.15. The predicted octanol–water partition coefficient (Wildman–Crippen LogP) is -0.871. The molecule has 2 N–H and O–H groups in total. The first-order valence-corrected chi connectivity index (χ1v) is 10.1. The van der Waals surface area contributed by atoms with Crippen molar-refractivity contribution in [2.75, 3.05) is 12.9 Å². The fourth-order valence-corrected chi connectivity index (χ4v) is 4.48. The molecule has 4 rings (SSSR count). The van der Waals surface area contributed by atoms with Crippen LogP contribution in [0.1, 0.15) is 16.8 Å². The molecule has 9 nitrogen and oxygen atoms in total. The number of pyridine rings is 1. The minimum Gasteiger partial charge on any atom is -0.376 e. The summed E-state index contributed by atoms with van der Waals surface area (Å²) in [7, 11) is -3.45. The average Bonchev–Trinajstić information content (AvgIpc) is 3.02. The maximum Gasteiger partial charge on any atom is 0.270 e. The number of amides is 1. The molecule has 1 saturated heterocycles. The molecule has 138 valence electrons. The number of nitrogens with one attached hydrogen (secondary N) is 2. The van der Waals surface area contributed by atoms with Crippen molar-refractivity contribution in [2.24, 2.45) is 5.92 Å². The van der Waals surface area contributed by atoms with Crippen molar-refractivity contribution in [3.8, 4) is 0 Å². The molecule has 0 bridgehead atoms. The smallest absolute Gasteiger partial charge is 0.270 e. The lowest BCUT2D eigenvalue weighted by molar-refractivity contribution is -0.0194. The van der Waals surface area contributed by atoms with Crippen molar-refractivity contribution < 1.29 is 17.9 Å². The summed E-state index contributed by atoms with van der Waals surface area (Å²) in [5, 5.41) is 2.78. The number of aromatic nitrogens is 2. The van der Waals surface area contributed by atoms with Crippen molar-refractivity contribution in [2.45, 2.75) is 24.6 Å². The van der Waals surface area contributed by atoms with Gasteiger partial charge in [-0.25, -0.2) is 18.1 Å². The van der Waals surface area contributed by atoms with E-state index in [9.17, 15) is 18.0 Å². The number of carbonyl (C=O) groups excluding carboxylic acids is 1. The molecule has 2 aromatic rings. The van der Waals surface area contributed by atoms with Crippen LogP contribution in [0.5, 0.6) is 0 Å². The molecule has 0 radical (unpaired) electrons. The summed E-state index contributed by atoms with van der Waals surface area (Å²) < 4.78 is 32.5. The van der Waals surface area contributed by atoms with E-state index in [4.69, 9.17) is 4.74 Å². The highest BCUT2D eigenvalue weighted by Gasteiger charge is 2.55. The second-order valence-corrected chi connectivity index (χ2v) is 8.39. The molecule has 1 aliphatic heterocycles. The Balaban J connectivity index is 1.59. The van der Waals surface area contributed by atoms with Gasteiger partial charge in [0.1, 0.15) is 11.2 Å².